The third-order valence-corrected chi connectivity index (χ3v) is 4.40. The van der Waals surface area contributed by atoms with E-state index in [0.717, 1.165) is 16.8 Å². The minimum atomic E-state index is -3.13. The Morgan fingerprint density at radius 3 is 2.53 bits per heavy atom. The van der Waals surface area contributed by atoms with Crippen molar-refractivity contribution in [3.8, 4) is 17.1 Å². The second-order valence-electron chi connectivity index (χ2n) is 5.89. The van der Waals surface area contributed by atoms with Gasteiger partial charge in [-0.15, -0.1) is 0 Å². The third-order valence-electron chi connectivity index (χ3n) is 3.37. The third kappa shape index (κ3) is 5.79. The minimum absolute atomic E-state index is 0.0643. The molecule has 0 unspecified atom stereocenters. The zero-order valence-electron chi connectivity index (χ0n) is 15.8. The summed E-state index contributed by atoms with van der Waals surface area (Å²) < 4.78 is 58.9. The molecule has 8 nitrogen and oxygen atoms in total. The highest BCUT2D eigenvalue weighted by Gasteiger charge is 2.24. The van der Waals surface area contributed by atoms with Crippen LogP contribution in [0.2, 0.25) is 5.02 Å². The number of ether oxygens (including phenoxy) is 4. The fourth-order valence-corrected chi connectivity index (χ4v) is 3.06. The van der Waals surface area contributed by atoms with Crippen LogP contribution in [0.5, 0.6) is 5.88 Å². The van der Waals surface area contributed by atoms with E-state index in [1.54, 1.807) is 13.8 Å². The molecule has 0 amide bonds. The molecule has 13 heteroatoms. The molecule has 164 valence electrons. The standard InChI is InChI=1S/C17H15BrClF3N2O6/c1-7(2)29-17(26)28-6-27-15(25)8-4-9(11(20)5-10(8)19)13-12(18)14(24(3)23-13)30-16(21)22/h4-5,7,16H,6H2,1-3H3. The maximum Gasteiger partial charge on any atom is 0.511 e. The van der Waals surface area contributed by atoms with Gasteiger partial charge in [0, 0.05) is 12.6 Å². The monoisotopic (exact) mass is 514 g/mol. The Hall–Kier alpha value is -2.47. The summed E-state index contributed by atoms with van der Waals surface area (Å²) in [7, 11) is 1.31. The number of esters is 1. The second-order valence-corrected chi connectivity index (χ2v) is 7.09. The van der Waals surface area contributed by atoms with Gasteiger partial charge in [-0.05, 0) is 41.9 Å². The first-order chi connectivity index (χ1) is 14.0. The van der Waals surface area contributed by atoms with E-state index in [1.165, 1.54) is 7.05 Å². The highest BCUT2D eigenvalue weighted by atomic mass is 79.9. The van der Waals surface area contributed by atoms with E-state index in [9.17, 15) is 22.8 Å². The fraction of sp³-hybridized carbons (Fsp3) is 0.353. The molecule has 0 saturated carbocycles. The molecule has 0 aliphatic rings. The summed E-state index contributed by atoms with van der Waals surface area (Å²) >= 11 is 8.93. The first-order valence-corrected chi connectivity index (χ1v) is 9.35. The van der Waals surface area contributed by atoms with E-state index < -0.39 is 37.5 Å². The molecule has 0 saturated heterocycles. The molecule has 1 aromatic heterocycles. The molecule has 0 aliphatic carbocycles. The summed E-state index contributed by atoms with van der Waals surface area (Å²) in [5, 5.41) is 3.64. The number of carbonyl (C=O) groups excluding carboxylic acids is 2. The van der Waals surface area contributed by atoms with Crippen LogP contribution in [0.1, 0.15) is 24.2 Å². The van der Waals surface area contributed by atoms with E-state index in [4.69, 9.17) is 21.1 Å². The van der Waals surface area contributed by atoms with Crippen LogP contribution < -0.4 is 4.74 Å². The number of aryl methyl sites for hydroxylation is 1. The van der Waals surface area contributed by atoms with Crippen LogP contribution in [0.4, 0.5) is 18.0 Å². The van der Waals surface area contributed by atoms with Crippen molar-refractivity contribution in [2.75, 3.05) is 6.79 Å². The Morgan fingerprint density at radius 1 is 1.27 bits per heavy atom. The summed E-state index contributed by atoms with van der Waals surface area (Å²) in [5.74, 6) is -2.26. The molecule has 0 N–H and O–H groups in total. The van der Waals surface area contributed by atoms with Gasteiger partial charge in [0.05, 0.1) is 16.7 Å². The van der Waals surface area contributed by atoms with Gasteiger partial charge < -0.3 is 18.9 Å². The summed E-state index contributed by atoms with van der Waals surface area (Å²) in [5.41, 5.74) is -0.631. The lowest BCUT2D eigenvalue weighted by Gasteiger charge is -2.10. The second kappa shape index (κ2) is 10.0. The van der Waals surface area contributed by atoms with Crippen LogP contribution in [0, 0.1) is 5.82 Å². The molecule has 2 rings (SSSR count). The number of nitrogens with zero attached hydrogens (tertiary/aromatic N) is 2. The van der Waals surface area contributed by atoms with Crippen molar-refractivity contribution in [3.63, 3.8) is 0 Å². The summed E-state index contributed by atoms with van der Waals surface area (Å²) in [6, 6.07) is 1.85. The topological polar surface area (TPSA) is 88.9 Å². The predicted octanol–water partition coefficient (Wildman–Crippen LogP) is 4.92. The lowest BCUT2D eigenvalue weighted by atomic mass is 10.1. The van der Waals surface area contributed by atoms with Crippen molar-refractivity contribution < 1.29 is 41.7 Å². The number of benzene rings is 1. The minimum Gasteiger partial charge on any atom is -0.431 e. The van der Waals surface area contributed by atoms with E-state index in [0.29, 0.717) is 0 Å². The van der Waals surface area contributed by atoms with Gasteiger partial charge in [-0.3, -0.25) is 0 Å². The van der Waals surface area contributed by atoms with Crippen LogP contribution in [0.3, 0.4) is 0 Å². The lowest BCUT2D eigenvalue weighted by molar-refractivity contribution is -0.0558. The molecular weight excluding hydrogens is 501 g/mol. The molecule has 0 bridgehead atoms. The lowest BCUT2D eigenvalue weighted by Crippen LogP contribution is -2.17. The van der Waals surface area contributed by atoms with Crippen molar-refractivity contribution in [3.05, 3.63) is 33.0 Å². The number of hydrogen-bond acceptors (Lipinski definition) is 7. The fourth-order valence-electron chi connectivity index (χ4n) is 2.19. The number of halogens is 5. The van der Waals surface area contributed by atoms with E-state index >= 15 is 0 Å². The SMILES string of the molecule is CC(C)OC(=O)OCOC(=O)c1cc(-c2nn(C)c(OC(F)F)c2Br)c(F)cc1Cl. The molecular formula is C17H15BrClF3N2O6. The molecule has 2 aromatic rings. The zero-order chi connectivity index (χ0) is 22.6. The summed E-state index contributed by atoms with van der Waals surface area (Å²) in [6.45, 7) is -0.707. The van der Waals surface area contributed by atoms with Gasteiger partial charge in [-0.2, -0.15) is 13.9 Å². The molecule has 0 radical (unpaired) electrons. The van der Waals surface area contributed by atoms with E-state index in [2.05, 4.69) is 30.5 Å². The Bertz CT molecular complexity index is 954. The molecule has 30 heavy (non-hydrogen) atoms. The summed E-state index contributed by atoms with van der Waals surface area (Å²) in [4.78, 5) is 23.5. The van der Waals surface area contributed by atoms with Crippen molar-refractivity contribution in [1.29, 1.82) is 0 Å². The Balaban J connectivity index is 2.26. The Morgan fingerprint density at radius 2 is 1.93 bits per heavy atom. The number of hydrogen-bond donors (Lipinski definition) is 0. The number of carbonyl (C=O) groups is 2. The highest BCUT2D eigenvalue weighted by molar-refractivity contribution is 9.10. The number of alkyl halides is 2. The van der Waals surface area contributed by atoms with Gasteiger partial charge in [0.1, 0.15) is 16.0 Å². The largest absolute Gasteiger partial charge is 0.511 e. The zero-order valence-corrected chi connectivity index (χ0v) is 18.1. The normalized spacial score (nSPS) is 11.0. The molecule has 0 aliphatic heterocycles. The van der Waals surface area contributed by atoms with Crippen molar-refractivity contribution in [2.45, 2.75) is 26.6 Å². The Labute approximate surface area is 181 Å². The van der Waals surface area contributed by atoms with Crippen molar-refractivity contribution in [2.24, 2.45) is 7.05 Å². The van der Waals surface area contributed by atoms with Crippen LogP contribution >= 0.6 is 27.5 Å². The maximum absolute atomic E-state index is 14.5. The molecule has 0 fully saturated rings. The van der Waals surface area contributed by atoms with Gasteiger partial charge in [0.15, 0.2) is 0 Å². The number of rotatable bonds is 7. The van der Waals surface area contributed by atoms with Gasteiger partial charge >= 0.3 is 18.7 Å². The summed E-state index contributed by atoms with van der Waals surface area (Å²) in [6.07, 6.45) is -1.48. The average molecular weight is 516 g/mol. The van der Waals surface area contributed by atoms with Gasteiger partial charge in [0.2, 0.25) is 12.7 Å². The first kappa shape index (κ1) is 23.8. The number of aromatic nitrogens is 2. The average Bonchev–Trinajstić information content (AvgIpc) is 2.88. The molecule has 1 heterocycles. The molecule has 1 aromatic carbocycles. The van der Waals surface area contributed by atoms with Crippen molar-refractivity contribution >= 4 is 39.7 Å². The maximum atomic E-state index is 14.5. The smallest absolute Gasteiger partial charge is 0.431 e. The van der Waals surface area contributed by atoms with E-state index in [1.807, 2.05) is 0 Å². The van der Waals surface area contributed by atoms with Crippen LogP contribution in [-0.4, -0.2) is 41.4 Å². The van der Waals surface area contributed by atoms with Crippen LogP contribution in [-0.2, 0) is 21.3 Å². The van der Waals surface area contributed by atoms with E-state index in [-0.39, 0.29) is 32.2 Å². The van der Waals surface area contributed by atoms with Gasteiger partial charge in [-0.1, -0.05) is 11.6 Å². The quantitative estimate of drug-likeness (QED) is 0.382. The molecule has 0 spiro atoms. The van der Waals surface area contributed by atoms with Gasteiger partial charge in [0.25, 0.3) is 0 Å². The Kier molecular flexibility index (Phi) is 7.96. The highest BCUT2D eigenvalue weighted by Crippen LogP contribution is 2.38. The van der Waals surface area contributed by atoms with Crippen LogP contribution in [0.15, 0.2) is 16.6 Å². The molecule has 0 atom stereocenters. The van der Waals surface area contributed by atoms with Crippen molar-refractivity contribution in [1.82, 2.24) is 9.78 Å². The van der Waals surface area contributed by atoms with Gasteiger partial charge in [-0.25, -0.2) is 18.7 Å². The first-order valence-electron chi connectivity index (χ1n) is 8.18. The predicted molar refractivity (Wildman–Crippen MR) is 101 cm³/mol. The van der Waals surface area contributed by atoms with Crippen LogP contribution in [0.25, 0.3) is 11.3 Å².